The van der Waals surface area contributed by atoms with E-state index in [1.165, 1.54) is 0 Å². The summed E-state index contributed by atoms with van der Waals surface area (Å²) in [6, 6.07) is 9.06. The van der Waals surface area contributed by atoms with Crippen LogP contribution in [0.1, 0.15) is 13.8 Å². The first-order chi connectivity index (χ1) is 9.58. The summed E-state index contributed by atoms with van der Waals surface area (Å²) in [5.74, 6) is 0.550. The standard InChI is InChI=1S/C15H22N2O3/c1-15(2,17-8-10-19-11-9-17)12-16-14(18)20-13-6-4-3-5-7-13/h3-7H,8-12H2,1-2H3,(H,16,18). The number of carbonyl (C=O) groups excluding carboxylic acids is 1. The van der Waals surface area contributed by atoms with E-state index in [1.807, 2.05) is 18.2 Å². The van der Waals surface area contributed by atoms with Crippen molar-refractivity contribution in [1.29, 1.82) is 0 Å². The predicted molar refractivity (Wildman–Crippen MR) is 76.9 cm³/mol. The second kappa shape index (κ2) is 6.72. The molecule has 0 aliphatic carbocycles. The van der Waals surface area contributed by atoms with Gasteiger partial charge in [0, 0.05) is 25.2 Å². The number of hydrogen-bond donors (Lipinski definition) is 1. The minimum Gasteiger partial charge on any atom is -0.410 e. The van der Waals surface area contributed by atoms with Gasteiger partial charge in [0.1, 0.15) is 5.75 Å². The Morgan fingerprint density at radius 1 is 1.30 bits per heavy atom. The first-order valence-electron chi connectivity index (χ1n) is 6.91. The van der Waals surface area contributed by atoms with Gasteiger partial charge in [0.2, 0.25) is 0 Å². The summed E-state index contributed by atoms with van der Waals surface area (Å²) in [5.41, 5.74) is -0.112. The van der Waals surface area contributed by atoms with Gasteiger partial charge >= 0.3 is 6.09 Å². The van der Waals surface area contributed by atoms with Crippen LogP contribution in [0.15, 0.2) is 30.3 Å². The van der Waals surface area contributed by atoms with Crippen LogP contribution in [-0.4, -0.2) is 49.4 Å². The fourth-order valence-electron chi connectivity index (χ4n) is 2.20. The predicted octanol–water partition coefficient (Wildman–Crippen LogP) is 1.89. The van der Waals surface area contributed by atoms with Gasteiger partial charge < -0.3 is 14.8 Å². The van der Waals surface area contributed by atoms with E-state index >= 15 is 0 Å². The third kappa shape index (κ3) is 4.21. The molecule has 0 spiro atoms. The molecule has 0 bridgehead atoms. The number of amides is 1. The molecule has 0 saturated carbocycles. The maximum Gasteiger partial charge on any atom is 0.412 e. The van der Waals surface area contributed by atoms with E-state index < -0.39 is 6.09 Å². The van der Waals surface area contributed by atoms with Crippen LogP contribution in [0.4, 0.5) is 4.79 Å². The second-order valence-electron chi connectivity index (χ2n) is 5.47. The minimum absolute atomic E-state index is 0.112. The molecule has 1 fully saturated rings. The van der Waals surface area contributed by atoms with Crippen molar-refractivity contribution < 1.29 is 14.3 Å². The van der Waals surface area contributed by atoms with Crippen LogP contribution >= 0.6 is 0 Å². The van der Waals surface area contributed by atoms with Gasteiger partial charge in [0.15, 0.2) is 0 Å². The molecule has 1 aliphatic rings. The van der Waals surface area contributed by atoms with Crippen LogP contribution in [-0.2, 0) is 4.74 Å². The van der Waals surface area contributed by atoms with Crippen LogP contribution in [0, 0.1) is 0 Å². The summed E-state index contributed by atoms with van der Waals surface area (Å²) in [7, 11) is 0. The van der Waals surface area contributed by atoms with Crippen molar-refractivity contribution in [2.75, 3.05) is 32.8 Å². The summed E-state index contributed by atoms with van der Waals surface area (Å²) in [6.45, 7) is 8.04. The molecule has 1 N–H and O–H groups in total. The molecule has 1 amide bonds. The Labute approximate surface area is 119 Å². The van der Waals surface area contributed by atoms with Crippen LogP contribution in [0.25, 0.3) is 0 Å². The maximum atomic E-state index is 11.8. The molecule has 2 rings (SSSR count). The fourth-order valence-corrected chi connectivity index (χ4v) is 2.20. The number of carbonyl (C=O) groups is 1. The fraction of sp³-hybridized carbons (Fsp3) is 0.533. The van der Waals surface area contributed by atoms with E-state index in [0.29, 0.717) is 12.3 Å². The topological polar surface area (TPSA) is 50.8 Å². The highest BCUT2D eigenvalue weighted by Gasteiger charge is 2.28. The summed E-state index contributed by atoms with van der Waals surface area (Å²) >= 11 is 0. The number of rotatable bonds is 4. The number of nitrogens with one attached hydrogen (secondary N) is 1. The lowest BCUT2D eigenvalue weighted by Gasteiger charge is -2.40. The van der Waals surface area contributed by atoms with Crippen LogP contribution < -0.4 is 10.1 Å². The largest absolute Gasteiger partial charge is 0.412 e. The van der Waals surface area contributed by atoms with E-state index in [4.69, 9.17) is 9.47 Å². The van der Waals surface area contributed by atoms with Crippen LogP contribution in [0.5, 0.6) is 5.75 Å². The smallest absolute Gasteiger partial charge is 0.410 e. The molecule has 0 aromatic heterocycles. The number of para-hydroxylation sites is 1. The molecule has 5 nitrogen and oxygen atoms in total. The molecule has 0 atom stereocenters. The number of ether oxygens (including phenoxy) is 2. The van der Waals surface area contributed by atoms with Gasteiger partial charge in [-0.15, -0.1) is 0 Å². The van der Waals surface area contributed by atoms with Gasteiger partial charge in [-0.3, -0.25) is 4.90 Å². The Kier molecular flexibility index (Phi) is 4.98. The Balaban J connectivity index is 1.80. The van der Waals surface area contributed by atoms with Crippen molar-refractivity contribution >= 4 is 6.09 Å². The molecule has 5 heteroatoms. The van der Waals surface area contributed by atoms with Gasteiger partial charge in [-0.1, -0.05) is 18.2 Å². The van der Waals surface area contributed by atoms with Gasteiger partial charge in [0.05, 0.1) is 13.2 Å². The SMILES string of the molecule is CC(C)(CNC(=O)Oc1ccccc1)N1CCOCC1. The number of benzene rings is 1. The molecule has 20 heavy (non-hydrogen) atoms. The Bertz CT molecular complexity index is 428. The summed E-state index contributed by atoms with van der Waals surface area (Å²) in [5, 5.41) is 2.83. The molecule has 1 aromatic carbocycles. The molecular formula is C15H22N2O3. The zero-order chi connectivity index (χ0) is 14.4. The third-order valence-electron chi connectivity index (χ3n) is 3.49. The average Bonchev–Trinajstić information content (AvgIpc) is 2.47. The first-order valence-corrected chi connectivity index (χ1v) is 6.91. The number of hydrogen-bond acceptors (Lipinski definition) is 4. The van der Waals surface area contributed by atoms with Crippen molar-refractivity contribution in [3.8, 4) is 5.75 Å². The lowest BCUT2D eigenvalue weighted by Crippen LogP contribution is -2.55. The van der Waals surface area contributed by atoms with E-state index in [0.717, 1.165) is 26.3 Å². The molecule has 0 radical (unpaired) electrons. The molecule has 1 heterocycles. The van der Waals surface area contributed by atoms with Gasteiger partial charge in [-0.25, -0.2) is 4.79 Å². The van der Waals surface area contributed by atoms with Gasteiger partial charge in [-0.05, 0) is 26.0 Å². The zero-order valence-corrected chi connectivity index (χ0v) is 12.1. The van der Waals surface area contributed by atoms with Crippen molar-refractivity contribution in [2.24, 2.45) is 0 Å². The van der Waals surface area contributed by atoms with Crippen molar-refractivity contribution in [3.63, 3.8) is 0 Å². The average molecular weight is 278 g/mol. The van der Waals surface area contributed by atoms with Gasteiger partial charge in [-0.2, -0.15) is 0 Å². The lowest BCUT2D eigenvalue weighted by molar-refractivity contribution is -0.00911. The van der Waals surface area contributed by atoms with Crippen LogP contribution in [0.3, 0.4) is 0 Å². The quantitative estimate of drug-likeness (QED) is 0.913. The summed E-state index contributed by atoms with van der Waals surface area (Å²) < 4.78 is 10.5. The Morgan fingerprint density at radius 3 is 2.60 bits per heavy atom. The molecule has 1 aliphatic heterocycles. The Hall–Kier alpha value is -1.59. The molecule has 1 aromatic rings. The highest BCUT2D eigenvalue weighted by molar-refractivity contribution is 5.70. The van der Waals surface area contributed by atoms with Gasteiger partial charge in [0.25, 0.3) is 0 Å². The van der Waals surface area contributed by atoms with Crippen molar-refractivity contribution in [1.82, 2.24) is 10.2 Å². The first kappa shape index (κ1) is 14.8. The number of morpholine rings is 1. The highest BCUT2D eigenvalue weighted by Crippen LogP contribution is 2.15. The normalized spacial score (nSPS) is 16.7. The van der Waals surface area contributed by atoms with Crippen molar-refractivity contribution in [2.45, 2.75) is 19.4 Å². The van der Waals surface area contributed by atoms with E-state index in [9.17, 15) is 4.79 Å². The molecule has 110 valence electrons. The molecule has 1 saturated heterocycles. The molecule has 0 unspecified atom stereocenters. The van der Waals surface area contributed by atoms with E-state index in [-0.39, 0.29) is 5.54 Å². The van der Waals surface area contributed by atoms with E-state index in [1.54, 1.807) is 12.1 Å². The lowest BCUT2D eigenvalue weighted by atomic mass is 10.0. The zero-order valence-electron chi connectivity index (χ0n) is 12.1. The molecular weight excluding hydrogens is 256 g/mol. The monoisotopic (exact) mass is 278 g/mol. The summed E-state index contributed by atoms with van der Waals surface area (Å²) in [6.07, 6.45) is -0.419. The summed E-state index contributed by atoms with van der Waals surface area (Å²) in [4.78, 5) is 14.1. The second-order valence-corrected chi connectivity index (χ2v) is 5.47. The number of nitrogens with zero attached hydrogens (tertiary/aromatic N) is 1. The van der Waals surface area contributed by atoms with Crippen molar-refractivity contribution in [3.05, 3.63) is 30.3 Å². The minimum atomic E-state index is -0.419. The third-order valence-corrected chi connectivity index (χ3v) is 3.49. The van der Waals surface area contributed by atoms with E-state index in [2.05, 4.69) is 24.1 Å². The van der Waals surface area contributed by atoms with Crippen LogP contribution in [0.2, 0.25) is 0 Å². The maximum absolute atomic E-state index is 11.8. The Morgan fingerprint density at radius 2 is 1.95 bits per heavy atom. The highest BCUT2D eigenvalue weighted by atomic mass is 16.6.